The molecule has 0 heterocycles. The van der Waals surface area contributed by atoms with Crippen molar-refractivity contribution in [2.75, 3.05) is 17.2 Å². The van der Waals surface area contributed by atoms with Gasteiger partial charge in [0.15, 0.2) is 0 Å². The van der Waals surface area contributed by atoms with Gasteiger partial charge < -0.3 is 10.6 Å². The third-order valence-electron chi connectivity index (χ3n) is 3.40. The molecule has 0 spiro atoms. The van der Waals surface area contributed by atoms with Crippen molar-refractivity contribution in [3.8, 4) is 0 Å². The Morgan fingerprint density at radius 3 is 2.41 bits per heavy atom. The zero-order chi connectivity index (χ0) is 15.9. The van der Waals surface area contributed by atoms with Crippen molar-refractivity contribution < 1.29 is 4.79 Å². The second kappa shape index (κ2) is 7.99. The molecule has 0 bridgehead atoms. The Balaban J connectivity index is 1.79. The Morgan fingerprint density at radius 1 is 1.09 bits per heavy atom. The lowest BCUT2D eigenvalue weighted by Gasteiger charge is -2.10. The lowest BCUT2D eigenvalue weighted by atomic mass is 10.0. The van der Waals surface area contributed by atoms with Crippen molar-refractivity contribution in [3.05, 3.63) is 58.6 Å². The molecule has 2 aromatic carbocycles. The first-order chi connectivity index (χ1) is 10.6. The normalized spacial score (nSPS) is 10.5. The number of carbonyl (C=O) groups is 1. The molecule has 0 unspecified atom stereocenters. The topological polar surface area (TPSA) is 41.1 Å². The smallest absolute Gasteiger partial charge is 0.226 e. The van der Waals surface area contributed by atoms with Gasteiger partial charge in [0.2, 0.25) is 5.91 Å². The second-order valence-corrected chi connectivity index (χ2v) is 6.34. The summed E-state index contributed by atoms with van der Waals surface area (Å²) in [5.41, 5.74) is 3.11. The van der Waals surface area contributed by atoms with Crippen LogP contribution in [0.2, 0.25) is 0 Å². The van der Waals surface area contributed by atoms with Crippen LogP contribution in [0.4, 0.5) is 11.4 Å². The first kappa shape index (κ1) is 16.6. The first-order valence-electron chi connectivity index (χ1n) is 7.44. The molecule has 3 nitrogen and oxygen atoms in total. The van der Waals surface area contributed by atoms with Crippen LogP contribution >= 0.6 is 15.9 Å². The van der Waals surface area contributed by atoms with Gasteiger partial charge >= 0.3 is 0 Å². The Hall–Kier alpha value is -1.81. The first-order valence-corrected chi connectivity index (χ1v) is 8.24. The Morgan fingerprint density at radius 2 is 1.77 bits per heavy atom. The van der Waals surface area contributed by atoms with E-state index < -0.39 is 0 Å². The van der Waals surface area contributed by atoms with E-state index in [4.69, 9.17) is 0 Å². The number of amides is 1. The van der Waals surface area contributed by atoms with E-state index in [9.17, 15) is 4.79 Å². The maximum Gasteiger partial charge on any atom is 0.226 e. The molecule has 0 aromatic heterocycles. The molecule has 22 heavy (non-hydrogen) atoms. The largest absolute Gasteiger partial charge is 0.384 e. The van der Waals surface area contributed by atoms with Gasteiger partial charge in [-0.2, -0.15) is 0 Å². The van der Waals surface area contributed by atoms with E-state index in [0.717, 1.165) is 15.8 Å². The number of para-hydroxylation sites is 1. The lowest BCUT2D eigenvalue weighted by Crippen LogP contribution is -2.16. The van der Waals surface area contributed by atoms with Crippen LogP contribution in [-0.4, -0.2) is 12.5 Å². The molecule has 2 N–H and O–H groups in total. The summed E-state index contributed by atoms with van der Waals surface area (Å²) in [6.45, 7) is 4.90. The predicted molar refractivity (Wildman–Crippen MR) is 96.4 cm³/mol. The van der Waals surface area contributed by atoms with E-state index in [1.165, 1.54) is 5.56 Å². The molecule has 0 atom stereocenters. The van der Waals surface area contributed by atoms with Gasteiger partial charge in [-0.15, -0.1) is 0 Å². The Bertz CT molecular complexity index is 623. The van der Waals surface area contributed by atoms with Crippen molar-refractivity contribution in [2.24, 2.45) is 0 Å². The molecule has 0 saturated carbocycles. The summed E-state index contributed by atoms with van der Waals surface area (Å²) in [5, 5.41) is 6.16. The summed E-state index contributed by atoms with van der Waals surface area (Å²) < 4.78 is 1.000. The molecule has 0 radical (unpaired) electrons. The van der Waals surface area contributed by atoms with E-state index in [1.54, 1.807) is 0 Å². The maximum atomic E-state index is 11.9. The second-order valence-electron chi connectivity index (χ2n) is 5.48. The molecule has 4 heteroatoms. The number of rotatable bonds is 6. The van der Waals surface area contributed by atoms with E-state index in [1.807, 2.05) is 36.4 Å². The van der Waals surface area contributed by atoms with Crippen LogP contribution in [-0.2, 0) is 4.79 Å². The molecule has 0 fully saturated rings. The molecule has 116 valence electrons. The van der Waals surface area contributed by atoms with Crippen LogP contribution in [0.1, 0.15) is 31.7 Å². The Labute approximate surface area is 140 Å². The summed E-state index contributed by atoms with van der Waals surface area (Å²) in [6, 6.07) is 15.9. The molecular weight excluding hydrogens is 340 g/mol. The zero-order valence-corrected chi connectivity index (χ0v) is 14.5. The summed E-state index contributed by atoms with van der Waals surface area (Å²) in [6.07, 6.45) is 0.424. The molecule has 0 aliphatic rings. The van der Waals surface area contributed by atoms with Gasteiger partial charge in [-0.25, -0.2) is 0 Å². The maximum absolute atomic E-state index is 11.9. The van der Waals surface area contributed by atoms with Crippen LogP contribution in [0.15, 0.2) is 53.0 Å². The average molecular weight is 361 g/mol. The molecule has 0 saturated heterocycles. The van der Waals surface area contributed by atoms with E-state index in [0.29, 0.717) is 18.9 Å². The highest BCUT2D eigenvalue weighted by molar-refractivity contribution is 9.10. The van der Waals surface area contributed by atoms with Gasteiger partial charge in [0.05, 0.1) is 0 Å². The molecular formula is C18H21BrN2O. The standard InChI is InChI=1S/C18H21BrN2O/c1-13(2)14-7-9-15(10-8-14)21-18(22)11-12-20-17-6-4-3-5-16(17)19/h3-10,13,20H,11-12H2,1-2H3,(H,21,22). The highest BCUT2D eigenvalue weighted by Gasteiger charge is 2.04. The molecule has 1 amide bonds. The van der Waals surface area contributed by atoms with Crippen LogP contribution in [0, 0.1) is 0 Å². The zero-order valence-electron chi connectivity index (χ0n) is 12.9. The monoisotopic (exact) mass is 360 g/mol. The molecule has 2 aromatic rings. The fraction of sp³-hybridized carbons (Fsp3) is 0.278. The van der Waals surface area contributed by atoms with Gasteiger partial charge in [0, 0.05) is 28.8 Å². The quantitative estimate of drug-likeness (QED) is 0.759. The van der Waals surface area contributed by atoms with Crippen LogP contribution in [0.25, 0.3) is 0 Å². The van der Waals surface area contributed by atoms with Gasteiger partial charge in [-0.3, -0.25) is 4.79 Å². The van der Waals surface area contributed by atoms with Crippen LogP contribution in [0.3, 0.4) is 0 Å². The number of carbonyl (C=O) groups excluding carboxylic acids is 1. The van der Waals surface area contributed by atoms with Crippen molar-refractivity contribution in [3.63, 3.8) is 0 Å². The number of hydrogen-bond acceptors (Lipinski definition) is 2. The van der Waals surface area contributed by atoms with E-state index in [2.05, 4.69) is 52.5 Å². The highest BCUT2D eigenvalue weighted by atomic mass is 79.9. The number of nitrogens with one attached hydrogen (secondary N) is 2. The fourth-order valence-corrected chi connectivity index (χ4v) is 2.52. The molecule has 0 aliphatic carbocycles. The van der Waals surface area contributed by atoms with Crippen LogP contribution in [0.5, 0.6) is 0 Å². The SMILES string of the molecule is CC(C)c1ccc(NC(=O)CCNc2ccccc2Br)cc1. The summed E-state index contributed by atoms with van der Waals surface area (Å²) >= 11 is 3.47. The average Bonchev–Trinajstić information content (AvgIpc) is 2.50. The minimum Gasteiger partial charge on any atom is -0.384 e. The minimum absolute atomic E-state index is 0.0110. The number of anilines is 2. The van der Waals surface area contributed by atoms with Crippen molar-refractivity contribution >= 4 is 33.2 Å². The number of halogens is 1. The van der Waals surface area contributed by atoms with Crippen molar-refractivity contribution in [2.45, 2.75) is 26.2 Å². The van der Waals surface area contributed by atoms with Crippen molar-refractivity contribution in [1.82, 2.24) is 0 Å². The molecule has 0 aliphatic heterocycles. The Kier molecular flexibility index (Phi) is 6.01. The van der Waals surface area contributed by atoms with E-state index >= 15 is 0 Å². The number of benzene rings is 2. The highest BCUT2D eigenvalue weighted by Crippen LogP contribution is 2.21. The van der Waals surface area contributed by atoms with Gasteiger partial charge in [0.1, 0.15) is 0 Å². The van der Waals surface area contributed by atoms with Crippen molar-refractivity contribution in [1.29, 1.82) is 0 Å². The lowest BCUT2D eigenvalue weighted by molar-refractivity contribution is -0.115. The van der Waals surface area contributed by atoms with Gasteiger partial charge in [-0.1, -0.05) is 38.1 Å². The van der Waals surface area contributed by atoms with Gasteiger partial charge in [-0.05, 0) is 51.7 Å². The van der Waals surface area contributed by atoms with E-state index in [-0.39, 0.29) is 5.91 Å². The summed E-state index contributed by atoms with van der Waals surface area (Å²) in [5.74, 6) is 0.509. The summed E-state index contributed by atoms with van der Waals surface area (Å²) in [7, 11) is 0. The van der Waals surface area contributed by atoms with Crippen LogP contribution < -0.4 is 10.6 Å². The third kappa shape index (κ3) is 4.88. The van der Waals surface area contributed by atoms with Gasteiger partial charge in [0.25, 0.3) is 0 Å². The molecule has 2 rings (SSSR count). The fourth-order valence-electron chi connectivity index (χ4n) is 2.09. The minimum atomic E-state index is 0.0110. The summed E-state index contributed by atoms with van der Waals surface area (Å²) in [4.78, 5) is 11.9. The number of hydrogen-bond donors (Lipinski definition) is 2. The predicted octanol–water partition coefficient (Wildman–Crippen LogP) is 5.01. The third-order valence-corrected chi connectivity index (χ3v) is 4.09.